The molecule has 0 spiro atoms. The number of fused-ring (bicyclic) bond motifs is 1. The number of aryl methyl sites for hydroxylation is 1. The lowest BCUT2D eigenvalue weighted by molar-refractivity contribution is 0.149. The summed E-state index contributed by atoms with van der Waals surface area (Å²) in [5.74, 6) is 8.16. The number of benzene rings is 2. The normalized spacial score (nSPS) is 18.1. The average molecular weight is 355 g/mol. The molecule has 1 unspecified atom stereocenters. The largest absolute Gasteiger partial charge is 0.488 e. The van der Waals surface area contributed by atoms with Gasteiger partial charge in [-0.3, -0.25) is 0 Å². The fraction of sp³-hybridized carbons (Fsp3) is 0.304. The molecule has 1 aromatic heterocycles. The van der Waals surface area contributed by atoms with E-state index in [1.807, 2.05) is 23.0 Å². The maximum atomic E-state index is 6.11. The van der Waals surface area contributed by atoms with E-state index in [-0.39, 0.29) is 6.10 Å². The van der Waals surface area contributed by atoms with Crippen LogP contribution in [0, 0.1) is 17.8 Å². The second kappa shape index (κ2) is 6.92. The van der Waals surface area contributed by atoms with Crippen LogP contribution in [0.4, 0.5) is 0 Å². The van der Waals surface area contributed by atoms with E-state index in [9.17, 15) is 0 Å². The van der Waals surface area contributed by atoms with Crippen LogP contribution in [0.5, 0.6) is 5.75 Å². The summed E-state index contributed by atoms with van der Waals surface area (Å²) in [6.07, 6.45) is 6.69. The summed E-state index contributed by atoms with van der Waals surface area (Å²) in [5.41, 5.74) is 4.30. The summed E-state index contributed by atoms with van der Waals surface area (Å²) in [7, 11) is 0. The molecule has 134 valence electrons. The van der Waals surface area contributed by atoms with Crippen molar-refractivity contribution in [3.05, 3.63) is 65.9 Å². The molecule has 5 rings (SSSR count). The van der Waals surface area contributed by atoms with E-state index in [2.05, 4.69) is 58.6 Å². The molecule has 1 aliphatic heterocycles. The lowest BCUT2D eigenvalue weighted by Crippen LogP contribution is -2.27. The van der Waals surface area contributed by atoms with E-state index >= 15 is 0 Å². The van der Waals surface area contributed by atoms with Crippen LogP contribution in [0.3, 0.4) is 0 Å². The average Bonchev–Trinajstić information content (AvgIpc) is 3.44. The van der Waals surface area contributed by atoms with Crippen LogP contribution < -0.4 is 4.74 Å². The molecule has 4 nitrogen and oxygen atoms in total. The first-order valence-electron chi connectivity index (χ1n) is 9.60. The van der Waals surface area contributed by atoms with Crippen LogP contribution in [-0.4, -0.2) is 21.1 Å². The highest BCUT2D eigenvalue weighted by molar-refractivity contribution is 5.59. The van der Waals surface area contributed by atoms with Crippen molar-refractivity contribution < 1.29 is 4.74 Å². The van der Waals surface area contributed by atoms with Crippen molar-refractivity contribution in [1.82, 2.24) is 15.0 Å². The SMILES string of the molecule is C(#CC1CC1)c1ccc(-c2cn(CC3CCc4ccccc4O3)nn2)cc1. The van der Waals surface area contributed by atoms with Crippen molar-refractivity contribution in [1.29, 1.82) is 0 Å². The lowest BCUT2D eigenvalue weighted by atomic mass is 10.0. The molecule has 2 aromatic carbocycles. The lowest BCUT2D eigenvalue weighted by Gasteiger charge is -2.25. The molecule has 2 aliphatic rings. The molecule has 0 radical (unpaired) electrons. The van der Waals surface area contributed by atoms with Gasteiger partial charge in [0.15, 0.2) is 0 Å². The minimum atomic E-state index is 0.134. The zero-order chi connectivity index (χ0) is 18.1. The Bertz CT molecular complexity index is 1010. The van der Waals surface area contributed by atoms with E-state index in [4.69, 9.17) is 4.74 Å². The van der Waals surface area contributed by atoms with E-state index in [1.54, 1.807) is 0 Å². The quantitative estimate of drug-likeness (QED) is 0.664. The predicted octanol–water partition coefficient (Wildman–Crippen LogP) is 4.10. The molecule has 27 heavy (non-hydrogen) atoms. The second-order valence-electron chi connectivity index (χ2n) is 7.33. The van der Waals surface area contributed by atoms with Crippen LogP contribution in [0.2, 0.25) is 0 Å². The molecular weight excluding hydrogens is 334 g/mol. The van der Waals surface area contributed by atoms with Gasteiger partial charge in [0, 0.05) is 17.0 Å². The molecule has 1 atom stereocenters. The second-order valence-corrected chi connectivity index (χ2v) is 7.33. The van der Waals surface area contributed by atoms with Crippen molar-refractivity contribution >= 4 is 0 Å². The summed E-state index contributed by atoms with van der Waals surface area (Å²) in [5, 5.41) is 8.62. The van der Waals surface area contributed by atoms with Crippen molar-refractivity contribution in [2.24, 2.45) is 5.92 Å². The number of ether oxygens (including phenoxy) is 1. The van der Waals surface area contributed by atoms with E-state index in [0.29, 0.717) is 12.5 Å². The van der Waals surface area contributed by atoms with Crippen LogP contribution in [0.15, 0.2) is 54.7 Å². The minimum absolute atomic E-state index is 0.134. The summed E-state index contributed by atoms with van der Waals surface area (Å²) >= 11 is 0. The van der Waals surface area contributed by atoms with Gasteiger partial charge >= 0.3 is 0 Å². The number of hydrogen-bond donors (Lipinski definition) is 0. The maximum Gasteiger partial charge on any atom is 0.123 e. The third-order valence-corrected chi connectivity index (χ3v) is 5.11. The van der Waals surface area contributed by atoms with E-state index in [1.165, 1.54) is 18.4 Å². The smallest absolute Gasteiger partial charge is 0.123 e. The van der Waals surface area contributed by atoms with Crippen molar-refractivity contribution in [2.75, 3.05) is 0 Å². The third-order valence-electron chi connectivity index (χ3n) is 5.11. The van der Waals surface area contributed by atoms with Crippen LogP contribution in [-0.2, 0) is 13.0 Å². The van der Waals surface area contributed by atoms with E-state index in [0.717, 1.165) is 35.4 Å². The number of nitrogens with zero attached hydrogens (tertiary/aromatic N) is 3. The molecule has 1 fully saturated rings. The predicted molar refractivity (Wildman–Crippen MR) is 104 cm³/mol. The molecule has 3 aromatic rings. The highest BCUT2D eigenvalue weighted by Gasteiger charge is 2.20. The molecule has 1 saturated carbocycles. The topological polar surface area (TPSA) is 39.9 Å². The first-order valence-corrected chi connectivity index (χ1v) is 9.60. The Morgan fingerprint density at radius 2 is 1.89 bits per heavy atom. The molecular formula is C23H21N3O. The summed E-state index contributed by atoms with van der Waals surface area (Å²) in [4.78, 5) is 0. The molecule has 2 heterocycles. The Morgan fingerprint density at radius 1 is 1.04 bits per heavy atom. The van der Waals surface area contributed by atoms with Crippen molar-refractivity contribution in [2.45, 2.75) is 38.3 Å². The first-order chi connectivity index (χ1) is 13.3. The van der Waals surface area contributed by atoms with E-state index < -0.39 is 0 Å². The number of para-hydroxylation sites is 1. The fourth-order valence-corrected chi connectivity index (χ4v) is 3.37. The molecule has 0 amide bonds. The molecule has 0 bridgehead atoms. The Kier molecular flexibility index (Phi) is 4.14. The Hall–Kier alpha value is -3.06. The van der Waals surface area contributed by atoms with Gasteiger partial charge in [-0.1, -0.05) is 47.4 Å². The molecule has 0 N–H and O–H groups in total. The Labute approximate surface area is 159 Å². The van der Waals surface area contributed by atoms with Gasteiger partial charge in [-0.05, 0) is 49.4 Å². The summed E-state index contributed by atoms with van der Waals surface area (Å²) < 4.78 is 8.00. The van der Waals surface area contributed by atoms with Gasteiger partial charge in [-0.2, -0.15) is 0 Å². The fourth-order valence-electron chi connectivity index (χ4n) is 3.37. The number of hydrogen-bond acceptors (Lipinski definition) is 3. The monoisotopic (exact) mass is 355 g/mol. The highest BCUT2D eigenvalue weighted by Crippen LogP contribution is 2.28. The van der Waals surface area contributed by atoms with Gasteiger partial charge in [0.25, 0.3) is 0 Å². The maximum absolute atomic E-state index is 6.11. The zero-order valence-electron chi connectivity index (χ0n) is 15.1. The van der Waals surface area contributed by atoms with Gasteiger partial charge in [0.1, 0.15) is 17.5 Å². The minimum Gasteiger partial charge on any atom is -0.488 e. The Morgan fingerprint density at radius 3 is 2.74 bits per heavy atom. The van der Waals surface area contributed by atoms with Gasteiger partial charge < -0.3 is 4.74 Å². The van der Waals surface area contributed by atoms with Crippen LogP contribution >= 0.6 is 0 Å². The number of rotatable bonds is 3. The first kappa shape index (κ1) is 16.1. The van der Waals surface area contributed by atoms with Crippen LogP contribution in [0.1, 0.15) is 30.4 Å². The number of aromatic nitrogens is 3. The standard InChI is InChI=1S/C23H21N3O/c1-2-4-23-20(3-1)13-14-21(27-23)15-26-16-22(24-25-26)19-11-9-18(10-12-19)8-7-17-5-6-17/h1-4,9-12,16-17,21H,5-6,13-15H2. The Balaban J connectivity index is 1.25. The highest BCUT2D eigenvalue weighted by atomic mass is 16.5. The summed E-state index contributed by atoms with van der Waals surface area (Å²) in [6, 6.07) is 16.5. The van der Waals surface area contributed by atoms with Gasteiger partial charge in [-0.25, -0.2) is 4.68 Å². The van der Waals surface area contributed by atoms with Crippen molar-refractivity contribution in [3.8, 4) is 28.8 Å². The third kappa shape index (κ3) is 3.73. The van der Waals surface area contributed by atoms with Gasteiger partial charge in [0.2, 0.25) is 0 Å². The molecule has 4 heteroatoms. The van der Waals surface area contributed by atoms with Crippen molar-refractivity contribution in [3.63, 3.8) is 0 Å². The molecule has 0 saturated heterocycles. The zero-order valence-corrected chi connectivity index (χ0v) is 15.1. The van der Waals surface area contributed by atoms with Gasteiger partial charge in [-0.15, -0.1) is 5.10 Å². The van der Waals surface area contributed by atoms with Crippen LogP contribution in [0.25, 0.3) is 11.3 Å². The molecule has 1 aliphatic carbocycles. The van der Waals surface area contributed by atoms with Gasteiger partial charge in [0.05, 0.1) is 12.7 Å². The summed E-state index contributed by atoms with van der Waals surface area (Å²) in [6.45, 7) is 0.715.